The molecule has 1 aromatic rings. The Morgan fingerprint density at radius 2 is 1.89 bits per heavy atom. The molecule has 0 saturated heterocycles. The Morgan fingerprint density at radius 3 is 2.50 bits per heavy atom. The Kier molecular flexibility index (Phi) is 4.74. The molecule has 0 spiro atoms. The number of hydrogen-bond acceptors (Lipinski definition) is 2. The van der Waals surface area contributed by atoms with Crippen LogP contribution in [0.15, 0.2) is 18.2 Å². The Balaban J connectivity index is 1.86. The molecule has 18 heavy (non-hydrogen) atoms. The highest BCUT2D eigenvalue weighted by molar-refractivity contribution is 8.00. The minimum Gasteiger partial charge on any atom is -0.311 e. The highest BCUT2D eigenvalue weighted by Gasteiger charge is 2.32. The first kappa shape index (κ1) is 14.0. The fourth-order valence-electron chi connectivity index (χ4n) is 2.82. The lowest BCUT2D eigenvalue weighted by Crippen LogP contribution is -2.34. The molecule has 100 valence electrons. The molecule has 2 heteroatoms. The van der Waals surface area contributed by atoms with E-state index in [0.29, 0.717) is 4.75 Å². The summed E-state index contributed by atoms with van der Waals surface area (Å²) in [6.45, 7) is 6.53. The highest BCUT2D eigenvalue weighted by Crippen LogP contribution is 2.39. The molecule has 1 aliphatic rings. The van der Waals surface area contributed by atoms with Gasteiger partial charge in [0.1, 0.15) is 0 Å². The maximum Gasteiger partial charge on any atom is 0.0281 e. The summed E-state index contributed by atoms with van der Waals surface area (Å²) in [6.07, 6.45) is 7.85. The molecule has 2 rings (SSSR count). The van der Waals surface area contributed by atoms with Gasteiger partial charge in [-0.05, 0) is 49.6 Å². The van der Waals surface area contributed by atoms with Crippen LogP contribution in [0.1, 0.15) is 42.4 Å². The van der Waals surface area contributed by atoms with Crippen molar-refractivity contribution in [3.05, 3.63) is 34.9 Å². The largest absolute Gasteiger partial charge is 0.311 e. The van der Waals surface area contributed by atoms with Crippen molar-refractivity contribution in [2.45, 2.75) is 50.8 Å². The van der Waals surface area contributed by atoms with E-state index in [1.807, 2.05) is 0 Å². The van der Waals surface area contributed by atoms with E-state index >= 15 is 0 Å². The normalized spacial score (nSPS) is 18.2. The monoisotopic (exact) mass is 263 g/mol. The van der Waals surface area contributed by atoms with Crippen LogP contribution in [0.4, 0.5) is 0 Å². The minimum atomic E-state index is 0.514. The first-order valence-corrected chi connectivity index (χ1v) is 8.20. The molecule has 1 nitrogen and oxygen atoms in total. The summed E-state index contributed by atoms with van der Waals surface area (Å²) in [6, 6.07) is 6.78. The number of nitrogens with one attached hydrogen (secondary N) is 1. The third-order valence-corrected chi connectivity index (χ3v) is 5.71. The van der Waals surface area contributed by atoms with Gasteiger partial charge in [0, 0.05) is 17.8 Å². The predicted molar refractivity (Wildman–Crippen MR) is 82.3 cm³/mol. The third kappa shape index (κ3) is 3.30. The summed E-state index contributed by atoms with van der Waals surface area (Å²) in [4.78, 5) is 0. The number of aryl methyl sites for hydroxylation is 2. The molecule has 1 saturated carbocycles. The standard InChI is InChI=1S/C16H25NS/c1-13-6-7-15(10-14(13)2)11-17-12-16(18-3)8-4-5-9-16/h6-7,10,17H,4-5,8-9,11-12H2,1-3H3. The van der Waals surface area contributed by atoms with Crippen molar-refractivity contribution < 1.29 is 0 Å². The molecular weight excluding hydrogens is 238 g/mol. The van der Waals surface area contributed by atoms with Crippen LogP contribution < -0.4 is 5.32 Å². The van der Waals surface area contributed by atoms with Crippen LogP contribution in [-0.4, -0.2) is 17.5 Å². The third-order valence-electron chi connectivity index (χ3n) is 4.30. The van der Waals surface area contributed by atoms with Gasteiger partial charge in [0.2, 0.25) is 0 Å². The van der Waals surface area contributed by atoms with Gasteiger partial charge in [-0.1, -0.05) is 31.0 Å². The quantitative estimate of drug-likeness (QED) is 0.859. The van der Waals surface area contributed by atoms with Crippen molar-refractivity contribution in [2.75, 3.05) is 12.8 Å². The van der Waals surface area contributed by atoms with Gasteiger partial charge in [-0.3, -0.25) is 0 Å². The van der Waals surface area contributed by atoms with Crippen molar-refractivity contribution in [1.82, 2.24) is 5.32 Å². The van der Waals surface area contributed by atoms with Gasteiger partial charge >= 0.3 is 0 Å². The summed E-state index contributed by atoms with van der Waals surface area (Å²) in [5.41, 5.74) is 4.19. The molecule has 1 aliphatic carbocycles. The zero-order valence-electron chi connectivity index (χ0n) is 11.9. The maximum atomic E-state index is 3.66. The molecule has 1 aromatic carbocycles. The van der Waals surface area contributed by atoms with E-state index in [2.05, 4.69) is 55.4 Å². The van der Waals surface area contributed by atoms with Gasteiger partial charge in [-0.25, -0.2) is 0 Å². The SMILES string of the molecule is CSC1(CNCc2ccc(C)c(C)c2)CCCC1. The zero-order chi connectivity index (χ0) is 13.0. The van der Waals surface area contributed by atoms with E-state index in [1.54, 1.807) is 0 Å². The Morgan fingerprint density at radius 1 is 1.17 bits per heavy atom. The minimum absolute atomic E-state index is 0.514. The number of thioether (sulfide) groups is 1. The Labute approximate surface area is 116 Å². The molecule has 0 unspecified atom stereocenters. The summed E-state index contributed by atoms with van der Waals surface area (Å²) in [7, 11) is 0. The van der Waals surface area contributed by atoms with Crippen LogP contribution in [0.2, 0.25) is 0 Å². The predicted octanol–water partition coefficient (Wildman–Crippen LogP) is 4.07. The molecule has 0 heterocycles. The summed E-state index contributed by atoms with van der Waals surface area (Å²) < 4.78 is 0.514. The van der Waals surface area contributed by atoms with Crippen LogP contribution in [0.5, 0.6) is 0 Å². The fourth-order valence-corrected chi connectivity index (χ4v) is 3.76. The lowest BCUT2D eigenvalue weighted by molar-refractivity contribution is 0.533. The first-order valence-electron chi connectivity index (χ1n) is 6.97. The first-order chi connectivity index (χ1) is 8.65. The van der Waals surface area contributed by atoms with Crippen LogP contribution in [0.25, 0.3) is 0 Å². The molecule has 1 N–H and O–H groups in total. The number of benzene rings is 1. The second kappa shape index (κ2) is 6.12. The Hall–Kier alpha value is -0.470. The smallest absolute Gasteiger partial charge is 0.0281 e. The highest BCUT2D eigenvalue weighted by atomic mass is 32.2. The van der Waals surface area contributed by atoms with E-state index in [-0.39, 0.29) is 0 Å². The summed E-state index contributed by atoms with van der Waals surface area (Å²) in [5.74, 6) is 0. The van der Waals surface area contributed by atoms with Crippen LogP contribution in [-0.2, 0) is 6.54 Å². The van der Waals surface area contributed by atoms with Gasteiger partial charge in [-0.2, -0.15) is 11.8 Å². The van der Waals surface area contributed by atoms with Crippen molar-refractivity contribution in [1.29, 1.82) is 0 Å². The van der Waals surface area contributed by atoms with Gasteiger partial charge in [0.15, 0.2) is 0 Å². The number of hydrogen-bond donors (Lipinski definition) is 1. The van der Waals surface area contributed by atoms with Gasteiger partial charge < -0.3 is 5.32 Å². The van der Waals surface area contributed by atoms with Gasteiger partial charge in [0.05, 0.1) is 0 Å². The van der Waals surface area contributed by atoms with E-state index < -0.39 is 0 Å². The molecule has 0 amide bonds. The van der Waals surface area contributed by atoms with Crippen LogP contribution in [0, 0.1) is 13.8 Å². The average Bonchev–Trinajstić information content (AvgIpc) is 2.83. The maximum absolute atomic E-state index is 3.66. The van der Waals surface area contributed by atoms with Crippen molar-refractivity contribution in [3.63, 3.8) is 0 Å². The Bertz CT molecular complexity index is 394. The molecule has 0 aromatic heterocycles. The summed E-state index contributed by atoms with van der Waals surface area (Å²) >= 11 is 2.06. The second-order valence-electron chi connectivity index (χ2n) is 5.62. The topological polar surface area (TPSA) is 12.0 Å². The summed E-state index contributed by atoms with van der Waals surface area (Å²) in [5, 5.41) is 3.66. The molecule has 0 atom stereocenters. The van der Waals surface area contributed by atoms with Crippen molar-refractivity contribution in [2.24, 2.45) is 0 Å². The van der Waals surface area contributed by atoms with Crippen LogP contribution in [0.3, 0.4) is 0 Å². The number of rotatable bonds is 5. The lowest BCUT2D eigenvalue weighted by Gasteiger charge is -2.27. The van der Waals surface area contributed by atoms with E-state index in [4.69, 9.17) is 0 Å². The fraction of sp³-hybridized carbons (Fsp3) is 0.625. The average molecular weight is 263 g/mol. The molecular formula is C16H25NS. The molecule has 0 bridgehead atoms. The molecule has 1 fully saturated rings. The van der Waals surface area contributed by atoms with Crippen LogP contribution >= 0.6 is 11.8 Å². The lowest BCUT2D eigenvalue weighted by atomic mass is 10.1. The van der Waals surface area contributed by atoms with E-state index in [0.717, 1.165) is 13.1 Å². The van der Waals surface area contributed by atoms with Gasteiger partial charge in [0.25, 0.3) is 0 Å². The van der Waals surface area contributed by atoms with Crippen molar-refractivity contribution in [3.8, 4) is 0 Å². The van der Waals surface area contributed by atoms with Gasteiger partial charge in [-0.15, -0.1) is 0 Å². The zero-order valence-corrected chi connectivity index (χ0v) is 12.7. The van der Waals surface area contributed by atoms with E-state index in [9.17, 15) is 0 Å². The molecule has 0 radical (unpaired) electrons. The van der Waals surface area contributed by atoms with E-state index in [1.165, 1.54) is 42.4 Å². The van der Waals surface area contributed by atoms with Crippen molar-refractivity contribution >= 4 is 11.8 Å². The second-order valence-corrected chi connectivity index (χ2v) is 6.89. The molecule has 0 aliphatic heterocycles.